The number of esters is 1. The van der Waals surface area contributed by atoms with Crippen LogP contribution in [0, 0.1) is 10.8 Å². The number of amides is 2. The van der Waals surface area contributed by atoms with Crippen molar-refractivity contribution < 1.29 is 29.0 Å². The lowest BCUT2D eigenvalue weighted by molar-refractivity contribution is -0.152. The average molecular weight is 759 g/mol. The highest BCUT2D eigenvalue weighted by atomic mass is 33.1. The van der Waals surface area contributed by atoms with E-state index in [-0.39, 0.29) is 47.5 Å². The molecule has 0 radical (unpaired) electrons. The number of nitrogens with zero attached hydrogens (tertiary/aromatic N) is 3. The molecule has 0 unspecified atom stereocenters. The zero-order valence-electron chi connectivity index (χ0n) is 33.5. The molecule has 290 valence electrons. The van der Waals surface area contributed by atoms with Gasteiger partial charge in [0, 0.05) is 42.7 Å². The summed E-state index contributed by atoms with van der Waals surface area (Å²) in [6.45, 7) is 30.3. The predicted octanol–water partition coefficient (Wildman–Crippen LogP) is 8.59. The van der Waals surface area contributed by atoms with Crippen LogP contribution in [0.1, 0.15) is 88.1 Å². The van der Waals surface area contributed by atoms with E-state index in [0.717, 1.165) is 22.3 Å². The van der Waals surface area contributed by atoms with Crippen molar-refractivity contribution in [2.45, 2.75) is 92.9 Å². The molecule has 2 N–H and O–H groups in total. The summed E-state index contributed by atoms with van der Waals surface area (Å²) < 4.78 is 11.1. The van der Waals surface area contributed by atoms with Crippen LogP contribution in [-0.4, -0.2) is 78.9 Å². The molecular weight excluding hydrogens is 697 g/mol. The smallest absolute Gasteiger partial charge is 0.311 e. The molecule has 0 aromatic heterocycles. The van der Waals surface area contributed by atoms with Crippen LogP contribution in [0.25, 0.3) is 5.70 Å². The molecule has 0 saturated carbocycles. The Bertz CT molecular complexity index is 1500. The molecule has 2 rings (SSSR count). The first-order valence-corrected chi connectivity index (χ1v) is 19.8. The Morgan fingerprint density at radius 1 is 1.02 bits per heavy atom. The average Bonchev–Trinajstić information content (AvgIpc) is 3.06. The van der Waals surface area contributed by atoms with Crippen molar-refractivity contribution in [2.75, 3.05) is 50.6 Å². The maximum atomic E-state index is 13.7. The maximum absolute atomic E-state index is 13.7. The van der Waals surface area contributed by atoms with Gasteiger partial charge in [-0.05, 0) is 83.6 Å². The Balaban J connectivity index is 0.00000206. The molecule has 0 fully saturated rings. The monoisotopic (exact) mass is 758 g/mol. The molecule has 12 heteroatoms. The highest BCUT2D eigenvalue weighted by Crippen LogP contribution is 2.38. The van der Waals surface area contributed by atoms with Crippen LogP contribution >= 0.6 is 21.6 Å². The number of aliphatic hydroxyl groups excluding tert-OH is 1. The summed E-state index contributed by atoms with van der Waals surface area (Å²) in [5.41, 5.74) is 3.18. The lowest BCUT2D eigenvalue weighted by Crippen LogP contribution is -2.47. The minimum atomic E-state index is -1.11. The van der Waals surface area contributed by atoms with Crippen molar-refractivity contribution in [1.29, 1.82) is 0 Å². The molecule has 1 heterocycles. The molecule has 1 aliphatic rings. The molecule has 1 aromatic rings. The molecule has 0 atom stereocenters. The topological polar surface area (TPSA) is 130 Å². The van der Waals surface area contributed by atoms with Gasteiger partial charge in [-0.3, -0.25) is 14.4 Å². The van der Waals surface area contributed by atoms with E-state index in [1.165, 1.54) is 0 Å². The van der Waals surface area contributed by atoms with Crippen LogP contribution < -0.4 is 10.2 Å². The van der Waals surface area contributed by atoms with Gasteiger partial charge in [-0.15, -0.1) is 0 Å². The highest BCUT2D eigenvalue weighted by molar-refractivity contribution is 8.77. The Labute approximate surface area is 320 Å². The number of ether oxygens (including phenoxy) is 2. The van der Waals surface area contributed by atoms with Crippen LogP contribution in [0.2, 0.25) is 0 Å². The van der Waals surface area contributed by atoms with Crippen LogP contribution in [0.3, 0.4) is 0 Å². The van der Waals surface area contributed by atoms with Crippen LogP contribution in [0.4, 0.5) is 5.69 Å². The third kappa shape index (κ3) is 15.4. The van der Waals surface area contributed by atoms with Crippen LogP contribution in [-0.2, 0) is 23.9 Å². The molecule has 52 heavy (non-hydrogen) atoms. The number of rotatable bonds is 15. The first-order valence-electron chi connectivity index (χ1n) is 17.4. The zero-order chi connectivity index (χ0) is 39.9. The second-order valence-electron chi connectivity index (χ2n) is 15.7. The molecule has 1 aromatic carbocycles. The zero-order valence-corrected chi connectivity index (χ0v) is 35.1. The Morgan fingerprint density at radius 3 is 2.17 bits per heavy atom. The Kier molecular flexibility index (Phi) is 18.8. The SMILES string of the molecule is C=C/C1=C(C=C)/C(C)=C(/N=NC)c2ccccc2N(C(=O)CCNC(=O)C(C)(C)OCC(C)(C)SSCCOC(=O)C(C)(C)C)C1.CC(C)(C)CO. The van der Waals surface area contributed by atoms with Gasteiger partial charge in [0.05, 0.1) is 30.0 Å². The summed E-state index contributed by atoms with van der Waals surface area (Å²) in [6, 6.07) is 7.59. The van der Waals surface area contributed by atoms with Gasteiger partial charge in [0.15, 0.2) is 0 Å². The fourth-order valence-corrected chi connectivity index (χ4v) is 6.61. The molecule has 0 saturated heterocycles. The number of hydrogen-bond donors (Lipinski definition) is 2. The van der Waals surface area contributed by atoms with Crippen molar-refractivity contribution >= 4 is 50.8 Å². The van der Waals surface area contributed by atoms with E-state index in [4.69, 9.17) is 14.6 Å². The van der Waals surface area contributed by atoms with Crippen molar-refractivity contribution in [3.8, 4) is 0 Å². The Hall–Kier alpha value is -3.19. The summed E-state index contributed by atoms with van der Waals surface area (Å²) in [7, 11) is 4.82. The van der Waals surface area contributed by atoms with Crippen LogP contribution in [0.15, 0.2) is 76.5 Å². The highest BCUT2D eigenvalue weighted by Gasteiger charge is 2.33. The van der Waals surface area contributed by atoms with Crippen molar-refractivity contribution in [3.05, 3.63) is 71.9 Å². The number of fused-ring (bicyclic) bond motifs is 1. The van der Waals surface area contributed by atoms with Crippen molar-refractivity contribution in [3.63, 3.8) is 0 Å². The minimum absolute atomic E-state index is 0.0785. The summed E-state index contributed by atoms with van der Waals surface area (Å²) in [6.07, 6.45) is 3.56. The van der Waals surface area contributed by atoms with Crippen molar-refractivity contribution in [1.82, 2.24) is 5.32 Å². The number of para-hydroxylation sites is 1. The van der Waals surface area contributed by atoms with E-state index in [2.05, 4.69) is 28.7 Å². The molecule has 1 aliphatic heterocycles. The van der Waals surface area contributed by atoms with E-state index in [9.17, 15) is 14.4 Å². The molecule has 0 bridgehead atoms. The summed E-state index contributed by atoms with van der Waals surface area (Å²) in [5, 5.41) is 19.7. The quantitative estimate of drug-likeness (QED) is 0.0788. The molecule has 10 nitrogen and oxygen atoms in total. The first-order chi connectivity index (χ1) is 24.0. The van der Waals surface area contributed by atoms with E-state index >= 15 is 0 Å². The third-order valence-electron chi connectivity index (χ3n) is 7.56. The number of aliphatic hydroxyl groups is 1. The largest absolute Gasteiger partial charge is 0.464 e. The molecular formula is C40H62N4O6S2. The van der Waals surface area contributed by atoms with Gasteiger partial charge in [0.1, 0.15) is 12.2 Å². The number of azo groups is 1. The van der Waals surface area contributed by atoms with E-state index in [1.54, 1.807) is 59.5 Å². The summed E-state index contributed by atoms with van der Waals surface area (Å²) in [4.78, 5) is 40.5. The molecule has 2 amide bonds. The van der Waals surface area contributed by atoms with Crippen molar-refractivity contribution in [2.24, 2.45) is 21.1 Å². The summed E-state index contributed by atoms with van der Waals surface area (Å²) >= 11 is 0. The first kappa shape index (κ1) is 46.8. The number of benzene rings is 1. The molecule has 0 aliphatic carbocycles. The van der Waals surface area contributed by atoms with E-state index in [0.29, 0.717) is 36.9 Å². The van der Waals surface area contributed by atoms with Gasteiger partial charge < -0.3 is 24.8 Å². The summed E-state index contributed by atoms with van der Waals surface area (Å²) in [5.74, 6) is -0.0403. The van der Waals surface area contributed by atoms with Gasteiger partial charge in [-0.1, -0.05) is 85.9 Å². The number of carbonyl (C=O) groups is 3. The van der Waals surface area contributed by atoms with Gasteiger partial charge in [-0.2, -0.15) is 10.2 Å². The number of allylic oxidation sites excluding steroid dienone is 3. The van der Waals surface area contributed by atoms with Gasteiger partial charge in [0.2, 0.25) is 5.91 Å². The van der Waals surface area contributed by atoms with Gasteiger partial charge in [-0.25, -0.2) is 0 Å². The normalized spacial score (nSPS) is 17.0. The lowest BCUT2D eigenvalue weighted by Gasteiger charge is -2.31. The minimum Gasteiger partial charge on any atom is -0.464 e. The lowest BCUT2D eigenvalue weighted by atomic mass is 9.93. The number of anilines is 1. The third-order valence-corrected chi connectivity index (χ3v) is 10.8. The number of carbonyl (C=O) groups excluding carboxylic acids is 3. The fourth-order valence-electron chi connectivity index (χ4n) is 4.39. The second kappa shape index (κ2) is 20.9. The van der Waals surface area contributed by atoms with Gasteiger partial charge >= 0.3 is 5.97 Å². The van der Waals surface area contributed by atoms with E-state index < -0.39 is 11.0 Å². The standard InChI is InChI=1S/C35H50N4O5S2.C5H12O/c1-12-25-22-39(28-17-15-14-16-27(28)30(38-36-11)24(3)26(25)13-2)29(40)18-19-37-31(41)35(9,10)44-23-34(7,8)46-45-21-20-43-32(42)33(4,5)6;1-5(2,3)4-6/h12-17H,1-2,18-23H2,3-11H3,(H,37,41);6H,4H2,1-3H3/b26-25-,30-24+,38-36?;. The number of nitrogens with one attached hydrogen (secondary N) is 1. The second-order valence-corrected chi connectivity index (χ2v) is 18.8. The Morgan fingerprint density at radius 2 is 1.63 bits per heavy atom. The molecule has 0 spiro atoms. The van der Waals surface area contributed by atoms with Gasteiger partial charge in [0.25, 0.3) is 5.91 Å². The van der Waals surface area contributed by atoms with E-state index in [1.807, 2.05) is 86.6 Å². The fraction of sp³-hybridized carbons (Fsp3) is 0.575. The predicted molar refractivity (Wildman–Crippen MR) is 218 cm³/mol. The van der Waals surface area contributed by atoms with Crippen LogP contribution in [0.5, 0.6) is 0 Å². The number of hydrogen-bond acceptors (Lipinski definition) is 10. The maximum Gasteiger partial charge on any atom is 0.311 e.